The molecule has 0 saturated carbocycles. The fourth-order valence-electron chi connectivity index (χ4n) is 2.36. The SMILES string of the molecule is O=c1nc2nc(-c3ccccc3)ccc2c(C2CN2)[nH]1. The van der Waals surface area contributed by atoms with Gasteiger partial charge in [0.2, 0.25) is 0 Å². The molecule has 1 atom stereocenters. The minimum atomic E-state index is -0.348. The topological polar surface area (TPSA) is 80.6 Å². The fourth-order valence-corrected chi connectivity index (χ4v) is 2.36. The van der Waals surface area contributed by atoms with Crippen LogP contribution in [-0.2, 0) is 0 Å². The highest BCUT2D eigenvalue weighted by molar-refractivity contribution is 5.81. The summed E-state index contributed by atoms with van der Waals surface area (Å²) in [5, 5.41) is 4.09. The van der Waals surface area contributed by atoms with Crippen molar-refractivity contribution in [2.24, 2.45) is 0 Å². The van der Waals surface area contributed by atoms with E-state index in [1.165, 1.54) is 0 Å². The Morgan fingerprint density at radius 1 is 1.05 bits per heavy atom. The van der Waals surface area contributed by atoms with Gasteiger partial charge in [-0.25, -0.2) is 9.78 Å². The molecule has 5 heteroatoms. The normalized spacial score (nSPS) is 17.3. The predicted octanol–water partition coefficient (Wildman–Crippen LogP) is 1.63. The van der Waals surface area contributed by atoms with Gasteiger partial charge in [0.1, 0.15) is 0 Å². The summed E-state index contributed by atoms with van der Waals surface area (Å²) in [6, 6.07) is 14.0. The standard InChI is InChI=1S/C15H12N4O/c20-15-18-13(12-8-16-12)10-6-7-11(17-14(10)19-15)9-4-2-1-3-5-9/h1-7,12,16H,8H2,(H,17,18,19,20). The van der Waals surface area contributed by atoms with Crippen LogP contribution in [0.25, 0.3) is 22.3 Å². The molecule has 98 valence electrons. The third-order valence-corrected chi connectivity index (χ3v) is 3.44. The molecule has 4 rings (SSSR count). The molecule has 1 saturated heterocycles. The molecule has 5 nitrogen and oxygen atoms in total. The highest BCUT2D eigenvalue weighted by Gasteiger charge is 2.26. The summed E-state index contributed by atoms with van der Waals surface area (Å²) < 4.78 is 0. The maximum absolute atomic E-state index is 11.6. The van der Waals surface area contributed by atoms with Crippen molar-refractivity contribution in [1.29, 1.82) is 0 Å². The predicted molar refractivity (Wildman–Crippen MR) is 76.3 cm³/mol. The van der Waals surface area contributed by atoms with Crippen molar-refractivity contribution in [2.75, 3.05) is 6.54 Å². The molecule has 1 aliphatic rings. The lowest BCUT2D eigenvalue weighted by Crippen LogP contribution is -2.14. The van der Waals surface area contributed by atoms with Gasteiger partial charge in [0.05, 0.1) is 11.7 Å². The Balaban J connectivity index is 1.94. The third kappa shape index (κ3) is 1.88. The summed E-state index contributed by atoms with van der Waals surface area (Å²) in [5.41, 5.74) is 2.87. The second kappa shape index (κ2) is 4.25. The van der Waals surface area contributed by atoms with Crippen LogP contribution < -0.4 is 11.0 Å². The van der Waals surface area contributed by atoms with Crippen LogP contribution in [-0.4, -0.2) is 21.5 Å². The van der Waals surface area contributed by atoms with Gasteiger partial charge in [-0.2, -0.15) is 4.98 Å². The Labute approximate surface area is 114 Å². The molecule has 20 heavy (non-hydrogen) atoms. The lowest BCUT2D eigenvalue weighted by Gasteiger charge is -2.05. The van der Waals surface area contributed by atoms with Crippen LogP contribution in [0.2, 0.25) is 0 Å². The summed E-state index contributed by atoms with van der Waals surface area (Å²) in [5.74, 6) is 0. The van der Waals surface area contributed by atoms with Crippen molar-refractivity contribution in [2.45, 2.75) is 6.04 Å². The maximum Gasteiger partial charge on any atom is 0.347 e. The van der Waals surface area contributed by atoms with Gasteiger partial charge < -0.3 is 10.3 Å². The average molecular weight is 264 g/mol. The lowest BCUT2D eigenvalue weighted by molar-refractivity contribution is 0.955. The quantitative estimate of drug-likeness (QED) is 0.689. The van der Waals surface area contributed by atoms with E-state index in [2.05, 4.69) is 20.3 Å². The monoisotopic (exact) mass is 264 g/mol. The second-order valence-electron chi connectivity index (χ2n) is 4.85. The smallest absolute Gasteiger partial charge is 0.307 e. The largest absolute Gasteiger partial charge is 0.347 e. The van der Waals surface area contributed by atoms with E-state index in [0.717, 1.165) is 28.9 Å². The molecule has 3 aromatic rings. The molecule has 0 amide bonds. The number of hydrogen-bond donors (Lipinski definition) is 2. The van der Waals surface area contributed by atoms with Crippen molar-refractivity contribution >= 4 is 11.0 Å². The second-order valence-corrected chi connectivity index (χ2v) is 4.85. The Hall–Kier alpha value is -2.53. The number of benzene rings is 1. The first-order valence-electron chi connectivity index (χ1n) is 6.51. The Morgan fingerprint density at radius 3 is 2.60 bits per heavy atom. The number of H-pyrrole nitrogens is 1. The highest BCUT2D eigenvalue weighted by Crippen LogP contribution is 2.26. The van der Waals surface area contributed by atoms with Crippen molar-refractivity contribution in [3.63, 3.8) is 0 Å². The molecule has 1 fully saturated rings. The molecule has 1 unspecified atom stereocenters. The first-order chi connectivity index (χ1) is 9.81. The number of aromatic amines is 1. The Morgan fingerprint density at radius 2 is 1.85 bits per heavy atom. The van der Waals surface area contributed by atoms with Crippen LogP contribution in [0.1, 0.15) is 11.7 Å². The van der Waals surface area contributed by atoms with Gasteiger partial charge in [0.25, 0.3) is 0 Å². The molecule has 2 N–H and O–H groups in total. The van der Waals surface area contributed by atoms with Crippen molar-refractivity contribution in [3.8, 4) is 11.3 Å². The van der Waals surface area contributed by atoms with Gasteiger partial charge >= 0.3 is 5.69 Å². The van der Waals surface area contributed by atoms with Crippen LogP contribution >= 0.6 is 0 Å². The van der Waals surface area contributed by atoms with Gasteiger partial charge in [0.15, 0.2) is 5.65 Å². The van der Waals surface area contributed by atoms with E-state index in [0.29, 0.717) is 5.65 Å². The molecule has 0 radical (unpaired) electrons. The molecule has 2 aromatic heterocycles. The summed E-state index contributed by atoms with van der Waals surface area (Å²) in [6.07, 6.45) is 0. The first kappa shape index (κ1) is 11.3. The van der Waals surface area contributed by atoms with E-state index in [-0.39, 0.29) is 11.7 Å². The van der Waals surface area contributed by atoms with E-state index in [9.17, 15) is 4.79 Å². The Bertz CT molecular complexity index is 837. The number of fused-ring (bicyclic) bond motifs is 1. The van der Waals surface area contributed by atoms with Gasteiger partial charge in [0, 0.05) is 23.2 Å². The molecule has 1 aliphatic heterocycles. The highest BCUT2D eigenvalue weighted by atomic mass is 16.1. The van der Waals surface area contributed by atoms with Crippen LogP contribution in [0.5, 0.6) is 0 Å². The zero-order valence-electron chi connectivity index (χ0n) is 10.6. The van der Waals surface area contributed by atoms with Crippen LogP contribution in [0.4, 0.5) is 0 Å². The van der Waals surface area contributed by atoms with Crippen molar-refractivity contribution < 1.29 is 0 Å². The van der Waals surface area contributed by atoms with E-state index in [1.54, 1.807) is 0 Å². The van der Waals surface area contributed by atoms with Crippen molar-refractivity contribution in [3.05, 3.63) is 58.6 Å². The summed E-state index contributed by atoms with van der Waals surface area (Å²) in [7, 11) is 0. The van der Waals surface area contributed by atoms with E-state index in [4.69, 9.17) is 0 Å². The van der Waals surface area contributed by atoms with Crippen molar-refractivity contribution in [1.82, 2.24) is 20.3 Å². The number of aromatic nitrogens is 3. The third-order valence-electron chi connectivity index (χ3n) is 3.44. The minimum Gasteiger partial charge on any atom is -0.307 e. The number of hydrogen-bond acceptors (Lipinski definition) is 4. The zero-order valence-corrected chi connectivity index (χ0v) is 10.6. The average Bonchev–Trinajstić information content (AvgIpc) is 3.31. The van der Waals surface area contributed by atoms with Gasteiger partial charge in [-0.15, -0.1) is 0 Å². The molecule has 1 aromatic carbocycles. The number of nitrogens with one attached hydrogen (secondary N) is 2. The van der Waals surface area contributed by atoms with Gasteiger partial charge in [-0.05, 0) is 12.1 Å². The number of nitrogens with zero attached hydrogens (tertiary/aromatic N) is 2. The maximum atomic E-state index is 11.6. The van der Waals surface area contributed by atoms with Crippen LogP contribution in [0.15, 0.2) is 47.3 Å². The molecular weight excluding hydrogens is 252 g/mol. The number of rotatable bonds is 2. The van der Waals surface area contributed by atoms with E-state index < -0.39 is 0 Å². The summed E-state index contributed by atoms with van der Waals surface area (Å²) in [6.45, 7) is 0.884. The van der Waals surface area contributed by atoms with E-state index in [1.807, 2.05) is 42.5 Å². The molecular formula is C15H12N4O. The lowest BCUT2D eigenvalue weighted by atomic mass is 10.1. The van der Waals surface area contributed by atoms with Gasteiger partial charge in [-0.1, -0.05) is 30.3 Å². The molecule has 0 spiro atoms. The molecule has 3 heterocycles. The first-order valence-corrected chi connectivity index (χ1v) is 6.51. The minimum absolute atomic E-state index is 0.220. The van der Waals surface area contributed by atoms with Crippen LogP contribution in [0.3, 0.4) is 0 Å². The van der Waals surface area contributed by atoms with Gasteiger partial charge in [-0.3, -0.25) is 0 Å². The summed E-state index contributed by atoms with van der Waals surface area (Å²) in [4.78, 5) is 23.0. The zero-order chi connectivity index (χ0) is 13.5. The molecule has 0 bridgehead atoms. The van der Waals surface area contributed by atoms with Crippen LogP contribution in [0, 0.1) is 0 Å². The Kier molecular flexibility index (Phi) is 2.40. The fraction of sp³-hybridized carbons (Fsp3) is 0.133. The summed E-state index contributed by atoms with van der Waals surface area (Å²) >= 11 is 0. The number of pyridine rings is 1. The van der Waals surface area contributed by atoms with E-state index >= 15 is 0 Å². The molecule has 0 aliphatic carbocycles.